The van der Waals surface area contributed by atoms with E-state index in [2.05, 4.69) is 13.8 Å². The van der Waals surface area contributed by atoms with Crippen LogP contribution in [0, 0.1) is 12.8 Å². The van der Waals surface area contributed by atoms with Crippen LogP contribution < -0.4 is 4.74 Å². The number of likely N-dealkylation sites (tertiary alicyclic amines) is 1. The van der Waals surface area contributed by atoms with Gasteiger partial charge < -0.3 is 23.7 Å². The molecule has 1 fully saturated rings. The van der Waals surface area contributed by atoms with Crippen molar-refractivity contribution in [2.45, 2.75) is 33.4 Å². The van der Waals surface area contributed by atoms with E-state index in [1.54, 1.807) is 30.3 Å². The summed E-state index contributed by atoms with van der Waals surface area (Å²) in [7, 11) is 1.92. The molecule has 4 aromatic rings. The Bertz CT molecular complexity index is 1510. The summed E-state index contributed by atoms with van der Waals surface area (Å²) < 4.78 is 13.3. The van der Waals surface area contributed by atoms with E-state index >= 15 is 0 Å². The molecule has 190 valence electrons. The fraction of sp³-hybridized carbons (Fsp3) is 0.267. The van der Waals surface area contributed by atoms with Crippen LogP contribution in [0.3, 0.4) is 0 Å². The molecule has 2 aromatic carbocycles. The lowest BCUT2D eigenvalue weighted by Crippen LogP contribution is -2.29. The van der Waals surface area contributed by atoms with Gasteiger partial charge in [0, 0.05) is 35.3 Å². The largest absolute Gasteiger partial charge is 0.507 e. The van der Waals surface area contributed by atoms with E-state index in [0.29, 0.717) is 29.6 Å². The highest BCUT2D eigenvalue weighted by atomic mass is 16.5. The van der Waals surface area contributed by atoms with Crippen LogP contribution in [0.25, 0.3) is 16.7 Å². The highest BCUT2D eigenvalue weighted by Crippen LogP contribution is 2.43. The summed E-state index contributed by atoms with van der Waals surface area (Å²) in [5.41, 5.74) is 3.07. The number of Topliss-reactive ketones (excluding diaryl/α,β-unsaturated/α-hetero) is 1. The minimum atomic E-state index is -0.784. The molecule has 0 bridgehead atoms. The maximum atomic E-state index is 13.4. The second kappa shape index (κ2) is 9.65. The fourth-order valence-electron chi connectivity index (χ4n) is 4.90. The van der Waals surface area contributed by atoms with E-state index < -0.39 is 17.7 Å². The molecular formula is C30H30N2O5. The van der Waals surface area contributed by atoms with Crippen LogP contribution >= 0.6 is 0 Å². The summed E-state index contributed by atoms with van der Waals surface area (Å²) in [4.78, 5) is 28.3. The van der Waals surface area contributed by atoms with Gasteiger partial charge in [0.15, 0.2) is 0 Å². The van der Waals surface area contributed by atoms with E-state index in [4.69, 9.17) is 9.15 Å². The van der Waals surface area contributed by atoms with Gasteiger partial charge in [0.25, 0.3) is 11.7 Å². The second-order valence-electron chi connectivity index (χ2n) is 9.90. The number of aryl methyl sites for hydroxylation is 2. The topological polar surface area (TPSA) is 84.9 Å². The number of ketones is 1. The van der Waals surface area contributed by atoms with Crippen molar-refractivity contribution in [2.24, 2.45) is 13.0 Å². The molecule has 1 amide bonds. The zero-order chi connectivity index (χ0) is 26.3. The van der Waals surface area contributed by atoms with Crippen molar-refractivity contribution in [1.29, 1.82) is 0 Å². The smallest absolute Gasteiger partial charge is 0.296 e. The van der Waals surface area contributed by atoms with E-state index in [1.165, 1.54) is 11.2 Å². The molecule has 5 rings (SSSR count). The number of aliphatic hydroxyl groups is 1. The standard InChI is InChI=1S/C30H30N2O5/c1-18(2)17-37-25-12-11-20(14-19(25)3)28(33)26-27(23-16-31(4)24-10-6-5-9-22(23)24)32(30(35)29(26)34)15-21-8-7-13-36-21/h5-14,16,18,27,33H,15,17H2,1-4H3/b28-26+. The zero-order valence-corrected chi connectivity index (χ0v) is 21.4. The summed E-state index contributed by atoms with van der Waals surface area (Å²) in [5, 5.41) is 12.4. The summed E-state index contributed by atoms with van der Waals surface area (Å²) in [6, 6.07) is 15.8. The minimum absolute atomic E-state index is 0.0585. The Morgan fingerprint density at radius 2 is 1.89 bits per heavy atom. The third-order valence-corrected chi connectivity index (χ3v) is 6.69. The first-order chi connectivity index (χ1) is 17.8. The quantitative estimate of drug-likeness (QED) is 0.200. The van der Waals surface area contributed by atoms with E-state index in [1.807, 2.05) is 49.0 Å². The number of benzene rings is 2. The van der Waals surface area contributed by atoms with Crippen LogP contribution in [0.4, 0.5) is 0 Å². The number of ether oxygens (including phenoxy) is 1. The number of carbonyl (C=O) groups excluding carboxylic acids is 2. The van der Waals surface area contributed by atoms with Gasteiger partial charge in [0.1, 0.15) is 17.3 Å². The predicted molar refractivity (Wildman–Crippen MR) is 141 cm³/mol. The third kappa shape index (κ3) is 4.42. The van der Waals surface area contributed by atoms with Gasteiger partial charge in [-0.25, -0.2) is 0 Å². The molecule has 7 heteroatoms. The zero-order valence-electron chi connectivity index (χ0n) is 21.4. The molecule has 1 N–H and O–H groups in total. The number of para-hydroxylation sites is 1. The number of aromatic nitrogens is 1. The SMILES string of the molecule is Cc1cc(/C(O)=C2\C(=O)C(=O)N(Cc3ccco3)C2c2cn(C)c3ccccc23)ccc1OCC(C)C. The monoisotopic (exact) mass is 498 g/mol. The number of hydrogen-bond acceptors (Lipinski definition) is 5. The average Bonchev–Trinajstić information content (AvgIpc) is 3.57. The highest BCUT2D eigenvalue weighted by Gasteiger charge is 2.47. The number of fused-ring (bicyclic) bond motifs is 1. The van der Waals surface area contributed by atoms with E-state index in [9.17, 15) is 14.7 Å². The van der Waals surface area contributed by atoms with Gasteiger partial charge in [0.05, 0.1) is 31.0 Å². The first-order valence-electron chi connectivity index (χ1n) is 12.3. The molecule has 1 unspecified atom stereocenters. The molecule has 1 aliphatic heterocycles. The number of nitrogens with zero attached hydrogens (tertiary/aromatic N) is 2. The van der Waals surface area contributed by atoms with Crippen LogP contribution in [-0.2, 0) is 23.2 Å². The molecule has 0 aliphatic carbocycles. The number of hydrogen-bond donors (Lipinski definition) is 1. The third-order valence-electron chi connectivity index (χ3n) is 6.69. The van der Waals surface area contributed by atoms with Crippen LogP contribution in [0.15, 0.2) is 77.0 Å². The Morgan fingerprint density at radius 1 is 1.11 bits per heavy atom. The van der Waals surface area contributed by atoms with Crippen molar-refractivity contribution >= 4 is 28.4 Å². The van der Waals surface area contributed by atoms with Crippen LogP contribution in [0.1, 0.15) is 42.3 Å². The Labute approximate surface area is 215 Å². The van der Waals surface area contributed by atoms with Gasteiger partial charge in [-0.15, -0.1) is 0 Å². The average molecular weight is 499 g/mol. The van der Waals surface area contributed by atoms with Gasteiger partial charge in [0.2, 0.25) is 0 Å². The van der Waals surface area contributed by atoms with Crippen molar-refractivity contribution in [3.63, 3.8) is 0 Å². The first-order valence-corrected chi connectivity index (χ1v) is 12.3. The van der Waals surface area contributed by atoms with Gasteiger partial charge in [-0.2, -0.15) is 0 Å². The lowest BCUT2D eigenvalue weighted by molar-refractivity contribution is -0.140. The minimum Gasteiger partial charge on any atom is -0.507 e. The van der Waals surface area contributed by atoms with E-state index in [-0.39, 0.29) is 17.9 Å². The lowest BCUT2D eigenvalue weighted by atomic mass is 9.94. The fourth-order valence-corrected chi connectivity index (χ4v) is 4.90. The van der Waals surface area contributed by atoms with Crippen molar-refractivity contribution in [2.75, 3.05) is 6.61 Å². The molecular weight excluding hydrogens is 468 g/mol. The predicted octanol–water partition coefficient (Wildman–Crippen LogP) is 5.74. The number of aliphatic hydroxyl groups excluding tert-OH is 1. The normalized spacial score (nSPS) is 17.3. The van der Waals surface area contributed by atoms with Gasteiger partial charge >= 0.3 is 0 Å². The van der Waals surface area contributed by atoms with E-state index in [0.717, 1.165) is 22.0 Å². The van der Waals surface area contributed by atoms with Gasteiger partial charge in [-0.3, -0.25) is 9.59 Å². The molecule has 7 nitrogen and oxygen atoms in total. The van der Waals surface area contributed by atoms with Gasteiger partial charge in [-0.1, -0.05) is 32.0 Å². The van der Waals surface area contributed by atoms with Crippen LogP contribution in [0.2, 0.25) is 0 Å². The molecule has 0 spiro atoms. The van der Waals surface area contributed by atoms with Gasteiger partial charge in [-0.05, 0) is 54.8 Å². The second-order valence-corrected chi connectivity index (χ2v) is 9.90. The molecule has 1 aliphatic rings. The molecule has 1 saturated heterocycles. The molecule has 3 heterocycles. The summed E-state index contributed by atoms with van der Waals surface area (Å²) in [6.07, 6.45) is 3.45. The Kier molecular flexibility index (Phi) is 6.38. The van der Waals surface area contributed by atoms with Crippen LogP contribution in [-0.4, -0.2) is 32.9 Å². The van der Waals surface area contributed by atoms with Crippen molar-refractivity contribution in [3.05, 3.63) is 95.1 Å². The number of furan rings is 1. The number of carbonyl (C=O) groups is 2. The summed E-state index contributed by atoms with van der Waals surface area (Å²) in [6.45, 7) is 6.72. The number of amides is 1. The summed E-state index contributed by atoms with van der Waals surface area (Å²) in [5.74, 6) is 0.0306. The Hall–Kier alpha value is -4.26. The Balaban J connectivity index is 1.65. The molecule has 2 aromatic heterocycles. The molecule has 0 saturated carbocycles. The first kappa shape index (κ1) is 24.4. The molecule has 37 heavy (non-hydrogen) atoms. The molecule has 0 radical (unpaired) electrons. The lowest BCUT2D eigenvalue weighted by Gasteiger charge is -2.24. The maximum absolute atomic E-state index is 13.4. The Morgan fingerprint density at radius 3 is 2.59 bits per heavy atom. The van der Waals surface area contributed by atoms with Crippen molar-refractivity contribution in [1.82, 2.24) is 9.47 Å². The maximum Gasteiger partial charge on any atom is 0.296 e. The van der Waals surface area contributed by atoms with Crippen LogP contribution in [0.5, 0.6) is 5.75 Å². The highest BCUT2D eigenvalue weighted by molar-refractivity contribution is 6.46. The van der Waals surface area contributed by atoms with Crippen molar-refractivity contribution < 1.29 is 23.8 Å². The summed E-state index contributed by atoms with van der Waals surface area (Å²) >= 11 is 0. The molecule has 1 atom stereocenters. The van der Waals surface area contributed by atoms with Crippen molar-refractivity contribution in [3.8, 4) is 5.75 Å². The number of rotatable bonds is 7.